The summed E-state index contributed by atoms with van der Waals surface area (Å²) in [5.41, 5.74) is 1.97. The molecule has 0 unspecified atom stereocenters. The molecule has 1 aromatic carbocycles. The van der Waals surface area contributed by atoms with Crippen LogP contribution in [0.5, 0.6) is 5.75 Å². The van der Waals surface area contributed by atoms with Gasteiger partial charge >= 0.3 is 0 Å². The van der Waals surface area contributed by atoms with Gasteiger partial charge in [-0.2, -0.15) is 0 Å². The average Bonchev–Trinajstić information content (AvgIpc) is 2.70. The second-order valence-electron chi connectivity index (χ2n) is 3.51. The highest BCUT2D eigenvalue weighted by atomic mass is 35.5. The molecule has 0 amide bonds. The largest absolute Gasteiger partial charge is 0.508 e. The van der Waals surface area contributed by atoms with Crippen LogP contribution in [0.1, 0.15) is 11.3 Å². The van der Waals surface area contributed by atoms with Gasteiger partial charge in [-0.05, 0) is 17.7 Å². The number of rotatable bonds is 4. The van der Waals surface area contributed by atoms with Crippen molar-refractivity contribution in [3.05, 3.63) is 41.7 Å². The Bertz CT molecular complexity index is 453. The van der Waals surface area contributed by atoms with Crippen LogP contribution in [0.2, 0.25) is 0 Å². The first-order chi connectivity index (χ1) is 7.78. The fourth-order valence-electron chi connectivity index (χ4n) is 1.42. The van der Waals surface area contributed by atoms with Gasteiger partial charge in [0.15, 0.2) is 0 Å². The van der Waals surface area contributed by atoms with Crippen molar-refractivity contribution in [2.45, 2.75) is 13.0 Å². The topological polar surface area (TPSA) is 50.9 Å². The van der Waals surface area contributed by atoms with Crippen LogP contribution in [0, 0.1) is 0 Å². The Morgan fingerprint density at radius 3 is 2.69 bits per heavy atom. The number of aromatic hydroxyl groups is 1. The lowest BCUT2D eigenvalue weighted by Gasteiger charge is -2.00. The summed E-state index contributed by atoms with van der Waals surface area (Å²) in [4.78, 5) is 0. The Balaban J connectivity index is 2.05. The van der Waals surface area contributed by atoms with Crippen molar-refractivity contribution in [2.75, 3.05) is 5.88 Å². The van der Waals surface area contributed by atoms with Crippen molar-refractivity contribution in [2.24, 2.45) is 0 Å². The number of hydrogen-bond acceptors (Lipinski definition) is 3. The minimum atomic E-state index is 0.269. The van der Waals surface area contributed by atoms with Crippen molar-refractivity contribution in [3.8, 4) is 5.75 Å². The summed E-state index contributed by atoms with van der Waals surface area (Å²) >= 11 is 5.62. The summed E-state index contributed by atoms with van der Waals surface area (Å²) in [5.74, 6) is 0.822. The number of phenolic OH excluding ortho intramolecular Hbond substituents is 1. The zero-order valence-corrected chi connectivity index (χ0v) is 9.43. The molecule has 2 rings (SSSR count). The predicted molar refractivity (Wildman–Crippen MR) is 61.7 cm³/mol. The lowest BCUT2D eigenvalue weighted by molar-refractivity contribution is 0.475. The molecule has 0 bridgehead atoms. The van der Waals surface area contributed by atoms with Gasteiger partial charge in [0.2, 0.25) is 0 Å². The Hall–Kier alpha value is -1.55. The van der Waals surface area contributed by atoms with Crippen LogP contribution in [0.15, 0.2) is 30.5 Å². The van der Waals surface area contributed by atoms with Crippen LogP contribution in [0.25, 0.3) is 0 Å². The molecule has 0 saturated heterocycles. The van der Waals surface area contributed by atoms with Crippen molar-refractivity contribution in [1.82, 2.24) is 15.0 Å². The molecule has 0 saturated carbocycles. The second-order valence-corrected chi connectivity index (χ2v) is 3.89. The van der Waals surface area contributed by atoms with Crippen molar-refractivity contribution >= 4 is 11.6 Å². The third kappa shape index (κ3) is 2.73. The number of phenols is 1. The van der Waals surface area contributed by atoms with E-state index in [4.69, 9.17) is 16.7 Å². The van der Waals surface area contributed by atoms with Gasteiger partial charge in [-0.25, -0.2) is 4.68 Å². The van der Waals surface area contributed by atoms with Gasteiger partial charge in [-0.1, -0.05) is 17.3 Å². The molecule has 5 heteroatoms. The fraction of sp³-hybridized carbons (Fsp3) is 0.273. The van der Waals surface area contributed by atoms with E-state index in [-0.39, 0.29) is 5.75 Å². The number of aromatic nitrogens is 3. The molecule has 0 atom stereocenters. The maximum atomic E-state index is 9.15. The van der Waals surface area contributed by atoms with Crippen LogP contribution in [-0.4, -0.2) is 26.0 Å². The predicted octanol–water partition coefficient (Wildman–Crippen LogP) is 1.81. The third-order valence-corrected chi connectivity index (χ3v) is 2.41. The number of hydrogen-bond donors (Lipinski definition) is 1. The molecule has 1 N–H and O–H groups in total. The molecule has 1 heterocycles. The number of aryl methyl sites for hydroxylation is 1. The van der Waals surface area contributed by atoms with E-state index in [1.807, 2.05) is 18.3 Å². The van der Waals surface area contributed by atoms with Crippen LogP contribution in [0.3, 0.4) is 0 Å². The fourth-order valence-corrected chi connectivity index (χ4v) is 1.61. The Labute approximate surface area is 98.5 Å². The molecule has 4 nitrogen and oxygen atoms in total. The number of nitrogens with zero attached hydrogens (tertiary/aromatic N) is 3. The van der Waals surface area contributed by atoms with Crippen LogP contribution in [0.4, 0.5) is 0 Å². The van der Waals surface area contributed by atoms with E-state index < -0.39 is 0 Å². The second kappa shape index (κ2) is 4.99. The molecule has 0 fully saturated rings. The molecule has 0 aliphatic heterocycles. The molecule has 0 aliphatic rings. The summed E-state index contributed by atoms with van der Waals surface area (Å²) in [6, 6.07) is 7.04. The molecular weight excluding hydrogens is 226 g/mol. The first kappa shape index (κ1) is 11.0. The SMILES string of the molecule is Oc1ccc(Cn2cc(CCCl)nn2)cc1. The van der Waals surface area contributed by atoms with Gasteiger partial charge in [0, 0.05) is 18.5 Å². The third-order valence-electron chi connectivity index (χ3n) is 2.22. The van der Waals surface area contributed by atoms with Gasteiger partial charge in [0.1, 0.15) is 5.75 Å². The molecule has 0 aliphatic carbocycles. The van der Waals surface area contributed by atoms with Crippen molar-refractivity contribution in [3.63, 3.8) is 0 Å². The normalized spacial score (nSPS) is 10.6. The maximum Gasteiger partial charge on any atom is 0.115 e. The smallest absolute Gasteiger partial charge is 0.115 e. The van der Waals surface area contributed by atoms with E-state index in [9.17, 15) is 0 Å². The van der Waals surface area contributed by atoms with Crippen molar-refractivity contribution < 1.29 is 5.11 Å². The number of halogens is 1. The van der Waals surface area contributed by atoms with Crippen molar-refractivity contribution in [1.29, 1.82) is 0 Å². The lowest BCUT2D eigenvalue weighted by atomic mass is 10.2. The summed E-state index contributed by atoms with van der Waals surface area (Å²) in [5, 5.41) is 17.1. The lowest BCUT2D eigenvalue weighted by Crippen LogP contribution is -1.99. The van der Waals surface area contributed by atoms with E-state index in [0.29, 0.717) is 12.4 Å². The Kier molecular flexibility index (Phi) is 3.41. The van der Waals surface area contributed by atoms with E-state index in [1.54, 1.807) is 16.8 Å². The van der Waals surface area contributed by atoms with Gasteiger partial charge in [-0.3, -0.25) is 0 Å². The Morgan fingerprint density at radius 1 is 1.25 bits per heavy atom. The highest BCUT2D eigenvalue weighted by molar-refractivity contribution is 6.17. The maximum absolute atomic E-state index is 9.15. The molecule has 2 aromatic rings. The zero-order chi connectivity index (χ0) is 11.4. The van der Waals surface area contributed by atoms with Gasteiger partial charge in [0.05, 0.1) is 12.2 Å². The monoisotopic (exact) mass is 237 g/mol. The van der Waals surface area contributed by atoms with E-state index in [2.05, 4.69) is 10.3 Å². The van der Waals surface area contributed by atoms with E-state index in [0.717, 1.165) is 17.7 Å². The summed E-state index contributed by atoms with van der Waals surface area (Å²) in [6.45, 7) is 0.648. The molecule has 16 heavy (non-hydrogen) atoms. The molecular formula is C11H12ClN3O. The standard InChI is InChI=1S/C11H12ClN3O/c12-6-5-10-8-15(14-13-10)7-9-1-3-11(16)4-2-9/h1-4,8,16H,5-7H2. The number of benzene rings is 1. The summed E-state index contributed by atoms with van der Waals surface area (Å²) in [7, 11) is 0. The average molecular weight is 238 g/mol. The van der Waals surface area contributed by atoms with E-state index in [1.165, 1.54) is 0 Å². The molecule has 0 radical (unpaired) electrons. The van der Waals surface area contributed by atoms with E-state index >= 15 is 0 Å². The molecule has 0 spiro atoms. The van der Waals surface area contributed by atoms with Gasteiger partial charge in [-0.15, -0.1) is 16.7 Å². The summed E-state index contributed by atoms with van der Waals surface area (Å²) in [6.07, 6.45) is 2.62. The highest BCUT2D eigenvalue weighted by Gasteiger charge is 2.01. The van der Waals surface area contributed by atoms with Crippen LogP contribution < -0.4 is 0 Å². The minimum Gasteiger partial charge on any atom is -0.508 e. The highest BCUT2D eigenvalue weighted by Crippen LogP contribution is 2.10. The number of alkyl halides is 1. The Morgan fingerprint density at radius 2 is 2.00 bits per heavy atom. The van der Waals surface area contributed by atoms with Crippen LogP contribution >= 0.6 is 11.6 Å². The van der Waals surface area contributed by atoms with Gasteiger partial charge < -0.3 is 5.11 Å². The van der Waals surface area contributed by atoms with Gasteiger partial charge in [0.25, 0.3) is 0 Å². The zero-order valence-electron chi connectivity index (χ0n) is 8.67. The summed E-state index contributed by atoms with van der Waals surface area (Å²) < 4.78 is 1.76. The van der Waals surface area contributed by atoms with Crippen LogP contribution in [-0.2, 0) is 13.0 Å². The first-order valence-corrected chi connectivity index (χ1v) is 5.54. The minimum absolute atomic E-state index is 0.269. The molecule has 1 aromatic heterocycles. The first-order valence-electron chi connectivity index (χ1n) is 5.01. The molecule has 84 valence electrons. The quantitative estimate of drug-likeness (QED) is 0.826.